The quantitative estimate of drug-likeness (QED) is 0.762. The molecule has 1 aromatic carbocycles. The minimum Gasteiger partial charge on any atom is -0.343 e. The number of hydrogen-bond acceptors (Lipinski definition) is 3. The van der Waals surface area contributed by atoms with Crippen LogP contribution < -0.4 is 0 Å². The molecule has 0 aliphatic heterocycles. The lowest BCUT2D eigenvalue weighted by Gasteiger charge is -2.30. The molecule has 0 unspecified atom stereocenters. The molecule has 1 aliphatic carbocycles. The summed E-state index contributed by atoms with van der Waals surface area (Å²) in [7, 11) is 2.98. The van der Waals surface area contributed by atoms with Crippen molar-refractivity contribution in [1.29, 1.82) is 0 Å². The van der Waals surface area contributed by atoms with Crippen molar-refractivity contribution in [2.45, 2.75) is 18.6 Å². The van der Waals surface area contributed by atoms with Crippen LogP contribution in [0.1, 0.15) is 18.4 Å². The molecule has 0 radical (unpaired) electrons. The first kappa shape index (κ1) is 13.7. The van der Waals surface area contributed by atoms with Crippen molar-refractivity contribution in [3.63, 3.8) is 0 Å². The van der Waals surface area contributed by atoms with Crippen LogP contribution in [0, 0.1) is 0 Å². The zero-order valence-electron chi connectivity index (χ0n) is 11.3. The minimum absolute atomic E-state index is 0.167. The highest BCUT2D eigenvalue weighted by molar-refractivity contribution is 6.03. The van der Waals surface area contributed by atoms with Crippen LogP contribution in [-0.2, 0) is 20.1 Å². The second kappa shape index (κ2) is 5.95. The number of ether oxygens (including phenoxy) is 2. The smallest absolute Gasteiger partial charge is 0.260 e. The number of hydrogen-bond donors (Lipinski definition) is 0. The summed E-state index contributed by atoms with van der Waals surface area (Å²) in [6.45, 7) is 0. The van der Waals surface area contributed by atoms with E-state index in [-0.39, 0.29) is 5.78 Å². The molecule has 3 nitrogen and oxygen atoms in total. The van der Waals surface area contributed by atoms with Gasteiger partial charge in [-0.2, -0.15) is 0 Å². The fourth-order valence-electron chi connectivity index (χ4n) is 2.26. The molecule has 0 aromatic heterocycles. The Morgan fingerprint density at radius 2 is 1.79 bits per heavy atom. The largest absolute Gasteiger partial charge is 0.343 e. The van der Waals surface area contributed by atoms with Gasteiger partial charge in [-0.3, -0.25) is 4.79 Å². The number of Topliss-reactive ketones (excluding diaryl/α,β-unsaturated/α-hetero) is 1. The van der Waals surface area contributed by atoms with Crippen molar-refractivity contribution < 1.29 is 14.3 Å². The maximum atomic E-state index is 12.7. The molecule has 2 rings (SSSR count). The molecular weight excluding hydrogens is 240 g/mol. The van der Waals surface area contributed by atoms with Crippen LogP contribution in [0.15, 0.2) is 54.1 Å². The fraction of sp³-hybridized carbons (Fsp3) is 0.312. The summed E-state index contributed by atoms with van der Waals surface area (Å²) >= 11 is 0. The van der Waals surface area contributed by atoms with Crippen molar-refractivity contribution in [3.05, 3.63) is 59.7 Å². The Balaban J connectivity index is 2.42. The van der Waals surface area contributed by atoms with Crippen LogP contribution in [0.4, 0.5) is 0 Å². The molecule has 0 heterocycles. The van der Waals surface area contributed by atoms with Crippen molar-refractivity contribution in [3.8, 4) is 0 Å². The van der Waals surface area contributed by atoms with Crippen LogP contribution >= 0.6 is 0 Å². The number of benzene rings is 1. The highest BCUT2D eigenvalue weighted by Gasteiger charge is 2.41. The van der Waals surface area contributed by atoms with Crippen molar-refractivity contribution in [1.82, 2.24) is 0 Å². The summed E-state index contributed by atoms with van der Waals surface area (Å²) in [6.07, 6.45) is 7.60. The van der Waals surface area contributed by atoms with Gasteiger partial charge in [-0.15, -0.1) is 0 Å². The lowest BCUT2D eigenvalue weighted by molar-refractivity contribution is -0.209. The second-order valence-corrected chi connectivity index (χ2v) is 4.36. The van der Waals surface area contributed by atoms with Gasteiger partial charge in [0.15, 0.2) is 0 Å². The van der Waals surface area contributed by atoms with E-state index in [1.54, 1.807) is 0 Å². The van der Waals surface area contributed by atoms with Gasteiger partial charge in [-0.05, 0) is 12.8 Å². The van der Waals surface area contributed by atoms with Gasteiger partial charge in [-0.25, -0.2) is 0 Å². The maximum absolute atomic E-state index is 12.7. The molecule has 0 saturated heterocycles. The van der Waals surface area contributed by atoms with Gasteiger partial charge in [0.25, 0.3) is 5.79 Å². The molecule has 0 fully saturated rings. The first-order valence-corrected chi connectivity index (χ1v) is 6.32. The number of ketones is 1. The van der Waals surface area contributed by atoms with Crippen molar-refractivity contribution in [2.75, 3.05) is 14.2 Å². The van der Waals surface area contributed by atoms with Crippen molar-refractivity contribution in [2.24, 2.45) is 0 Å². The van der Waals surface area contributed by atoms with E-state index in [0.717, 1.165) is 12.8 Å². The van der Waals surface area contributed by atoms with E-state index < -0.39 is 5.79 Å². The Labute approximate surface area is 113 Å². The lowest BCUT2D eigenvalue weighted by atomic mass is 9.93. The molecule has 1 aromatic rings. The van der Waals surface area contributed by atoms with Crippen molar-refractivity contribution >= 4 is 5.78 Å². The van der Waals surface area contributed by atoms with Gasteiger partial charge < -0.3 is 9.47 Å². The SMILES string of the molecule is COC(OC)(C(=O)C1=CCCC=C1)c1ccccc1. The van der Waals surface area contributed by atoms with Crippen LogP contribution in [0.3, 0.4) is 0 Å². The molecule has 0 atom stereocenters. The Hall–Kier alpha value is -1.71. The standard InChI is InChI=1S/C16H18O3/c1-18-16(19-2,14-11-7-4-8-12-14)15(17)13-9-5-3-6-10-13/h4-5,7-12H,3,6H2,1-2H3. The zero-order valence-corrected chi connectivity index (χ0v) is 11.3. The van der Waals surface area contributed by atoms with Gasteiger partial charge >= 0.3 is 0 Å². The third-order valence-electron chi connectivity index (χ3n) is 3.28. The van der Waals surface area contributed by atoms with Crippen LogP contribution in [0.25, 0.3) is 0 Å². The van der Waals surface area contributed by atoms with Gasteiger partial charge in [0.1, 0.15) is 0 Å². The highest BCUT2D eigenvalue weighted by Crippen LogP contribution is 2.31. The Morgan fingerprint density at radius 1 is 1.11 bits per heavy atom. The van der Waals surface area contributed by atoms with Gasteiger partial charge in [0.05, 0.1) is 0 Å². The third-order valence-corrected chi connectivity index (χ3v) is 3.28. The summed E-state index contributed by atoms with van der Waals surface area (Å²) in [6, 6.07) is 9.28. The summed E-state index contributed by atoms with van der Waals surface area (Å²) in [5, 5.41) is 0. The molecule has 100 valence electrons. The van der Waals surface area contributed by atoms with Crippen LogP contribution in [0.2, 0.25) is 0 Å². The van der Waals surface area contributed by atoms with E-state index >= 15 is 0 Å². The predicted octanol–water partition coefficient (Wildman–Crippen LogP) is 2.98. The first-order chi connectivity index (χ1) is 9.24. The Morgan fingerprint density at radius 3 is 2.32 bits per heavy atom. The predicted molar refractivity (Wildman–Crippen MR) is 73.6 cm³/mol. The zero-order chi connectivity index (χ0) is 13.7. The minimum atomic E-state index is -1.37. The maximum Gasteiger partial charge on any atom is 0.260 e. The number of allylic oxidation sites excluding steroid dienone is 3. The third kappa shape index (κ3) is 2.53. The molecule has 19 heavy (non-hydrogen) atoms. The summed E-state index contributed by atoms with van der Waals surface area (Å²) in [4.78, 5) is 12.7. The number of carbonyl (C=O) groups is 1. The second-order valence-electron chi connectivity index (χ2n) is 4.36. The van der Waals surface area contributed by atoms with E-state index in [1.807, 2.05) is 48.6 Å². The van der Waals surface area contributed by atoms with E-state index in [4.69, 9.17) is 9.47 Å². The van der Waals surface area contributed by atoms with Crippen LogP contribution in [0.5, 0.6) is 0 Å². The Bertz CT molecular complexity index is 496. The molecule has 1 aliphatic rings. The van der Waals surface area contributed by atoms with Gasteiger partial charge in [0, 0.05) is 25.4 Å². The molecular formula is C16H18O3. The highest BCUT2D eigenvalue weighted by atomic mass is 16.7. The first-order valence-electron chi connectivity index (χ1n) is 6.32. The average Bonchev–Trinajstić information content (AvgIpc) is 2.51. The fourth-order valence-corrected chi connectivity index (χ4v) is 2.26. The monoisotopic (exact) mass is 258 g/mol. The van der Waals surface area contributed by atoms with Gasteiger partial charge in [-0.1, -0.05) is 48.6 Å². The molecule has 0 spiro atoms. The lowest BCUT2D eigenvalue weighted by Crippen LogP contribution is -2.40. The molecule has 3 heteroatoms. The molecule has 0 bridgehead atoms. The van der Waals surface area contributed by atoms with E-state index in [1.165, 1.54) is 14.2 Å². The summed E-state index contributed by atoms with van der Waals surface area (Å²) in [5.74, 6) is -1.53. The molecule has 0 amide bonds. The summed E-state index contributed by atoms with van der Waals surface area (Å²) < 4.78 is 10.9. The number of carbonyl (C=O) groups excluding carboxylic acids is 1. The van der Waals surface area contributed by atoms with E-state index in [9.17, 15) is 4.79 Å². The van der Waals surface area contributed by atoms with Crippen LogP contribution in [-0.4, -0.2) is 20.0 Å². The Kier molecular flexibility index (Phi) is 4.30. The summed E-state index contributed by atoms with van der Waals surface area (Å²) in [5.41, 5.74) is 1.34. The normalized spacial score (nSPS) is 15.2. The molecule has 0 N–H and O–H groups in total. The number of methoxy groups -OCH3 is 2. The average molecular weight is 258 g/mol. The topological polar surface area (TPSA) is 35.5 Å². The van der Waals surface area contributed by atoms with E-state index in [2.05, 4.69) is 0 Å². The van der Waals surface area contributed by atoms with E-state index in [0.29, 0.717) is 11.1 Å². The van der Waals surface area contributed by atoms with Gasteiger partial charge in [0.2, 0.25) is 5.78 Å². The number of rotatable bonds is 5. The molecule has 0 saturated carbocycles.